The van der Waals surface area contributed by atoms with Gasteiger partial charge in [0.2, 0.25) is 15.9 Å². The van der Waals surface area contributed by atoms with Crippen molar-refractivity contribution in [3.8, 4) is 11.5 Å². The first-order valence-corrected chi connectivity index (χ1v) is 12.3. The highest BCUT2D eigenvalue weighted by molar-refractivity contribution is 9.10. The molecule has 7 nitrogen and oxygen atoms in total. The zero-order valence-corrected chi connectivity index (χ0v) is 20.2. The summed E-state index contributed by atoms with van der Waals surface area (Å²) in [6.45, 7) is 2.53. The van der Waals surface area contributed by atoms with Crippen LogP contribution in [0.25, 0.3) is 0 Å². The third-order valence-corrected chi connectivity index (χ3v) is 7.97. The van der Waals surface area contributed by atoms with E-state index in [9.17, 15) is 13.2 Å². The monoisotopic (exact) mass is 510 g/mol. The van der Waals surface area contributed by atoms with Gasteiger partial charge < -0.3 is 14.8 Å². The number of carbonyl (C=O) groups excluding carboxylic acids is 1. The fraction of sp³-hybridized carbons (Fsp3) is 0.409. The average Bonchev–Trinajstić information content (AvgIpc) is 2.78. The Morgan fingerprint density at radius 1 is 1.06 bits per heavy atom. The Balaban J connectivity index is 1.61. The molecular formula is C22H27BrN2O5S. The Labute approximate surface area is 191 Å². The zero-order valence-electron chi connectivity index (χ0n) is 17.8. The second kappa shape index (κ2) is 10.0. The number of piperidine rings is 1. The maximum atomic E-state index is 13.0. The van der Waals surface area contributed by atoms with Crippen LogP contribution in [0.2, 0.25) is 0 Å². The van der Waals surface area contributed by atoms with Crippen molar-refractivity contribution in [2.45, 2.75) is 30.7 Å². The van der Waals surface area contributed by atoms with E-state index in [0.29, 0.717) is 37.4 Å². The van der Waals surface area contributed by atoms with Crippen molar-refractivity contribution < 1.29 is 22.7 Å². The lowest BCUT2D eigenvalue weighted by Crippen LogP contribution is -2.43. The summed E-state index contributed by atoms with van der Waals surface area (Å²) < 4.78 is 38.9. The number of nitrogens with one attached hydrogen (secondary N) is 1. The van der Waals surface area contributed by atoms with E-state index >= 15 is 0 Å². The lowest BCUT2D eigenvalue weighted by molar-refractivity contribution is -0.126. The van der Waals surface area contributed by atoms with Gasteiger partial charge in [-0.05, 0) is 49.6 Å². The minimum absolute atomic E-state index is 0.0430. The van der Waals surface area contributed by atoms with Crippen molar-refractivity contribution in [1.82, 2.24) is 9.62 Å². The smallest absolute Gasteiger partial charge is 0.243 e. The largest absolute Gasteiger partial charge is 0.493 e. The molecule has 0 aliphatic carbocycles. The number of sulfonamides is 1. The Bertz CT molecular complexity index is 1020. The number of ether oxygens (including phenoxy) is 2. The first-order valence-electron chi connectivity index (χ1n) is 10.0. The van der Waals surface area contributed by atoms with Gasteiger partial charge in [0.25, 0.3) is 0 Å². The number of hydrogen-bond donors (Lipinski definition) is 1. The van der Waals surface area contributed by atoms with Crippen LogP contribution in [-0.2, 0) is 14.8 Å². The third-order valence-electron chi connectivity index (χ3n) is 5.55. The van der Waals surface area contributed by atoms with E-state index in [-0.39, 0.29) is 22.8 Å². The number of nitrogens with zero attached hydrogens (tertiary/aromatic N) is 1. The predicted molar refractivity (Wildman–Crippen MR) is 122 cm³/mol. The number of rotatable bonds is 7. The van der Waals surface area contributed by atoms with Crippen molar-refractivity contribution in [2.75, 3.05) is 27.3 Å². The molecule has 2 aromatic carbocycles. The summed E-state index contributed by atoms with van der Waals surface area (Å²) in [5.74, 6) is 0.574. The summed E-state index contributed by atoms with van der Waals surface area (Å²) in [7, 11) is -0.712. The second-order valence-electron chi connectivity index (χ2n) is 7.48. The number of halogens is 1. The van der Waals surface area contributed by atoms with Crippen LogP contribution >= 0.6 is 15.9 Å². The van der Waals surface area contributed by atoms with Gasteiger partial charge in [0.15, 0.2) is 11.5 Å². The number of methoxy groups -OCH3 is 2. The van der Waals surface area contributed by atoms with Gasteiger partial charge in [-0.25, -0.2) is 8.42 Å². The molecule has 1 saturated heterocycles. The van der Waals surface area contributed by atoms with Crippen LogP contribution in [-0.4, -0.2) is 45.9 Å². The molecule has 3 rings (SSSR count). The molecule has 1 atom stereocenters. The lowest BCUT2D eigenvalue weighted by atomic mass is 9.96. The van der Waals surface area contributed by atoms with Crippen LogP contribution < -0.4 is 14.8 Å². The maximum absolute atomic E-state index is 13.0. The number of carbonyl (C=O) groups is 1. The van der Waals surface area contributed by atoms with Gasteiger partial charge in [-0.1, -0.05) is 28.1 Å². The van der Waals surface area contributed by atoms with E-state index in [1.165, 1.54) is 30.7 Å². The highest BCUT2D eigenvalue weighted by atomic mass is 79.9. The quantitative estimate of drug-likeness (QED) is 0.613. The SMILES string of the molecule is COc1ccc(S(=O)(=O)N2CCC(C(=O)N[C@H](C)c3ccc(Br)cc3)CC2)cc1OC. The number of amides is 1. The van der Waals surface area contributed by atoms with Crippen LogP contribution in [0.4, 0.5) is 0 Å². The van der Waals surface area contributed by atoms with Crippen molar-refractivity contribution in [3.05, 3.63) is 52.5 Å². The molecule has 0 spiro atoms. The molecule has 1 aliphatic heterocycles. The van der Waals surface area contributed by atoms with Gasteiger partial charge in [-0.3, -0.25) is 4.79 Å². The van der Waals surface area contributed by atoms with Gasteiger partial charge >= 0.3 is 0 Å². The van der Waals surface area contributed by atoms with Gasteiger partial charge in [-0.15, -0.1) is 0 Å². The normalized spacial score (nSPS) is 16.5. The van der Waals surface area contributed by atoms with Gasteiger partial charge in [0, 0.05) is 29.5 Å². The summed E-state index contributed by atoms with van der Waals surface area (Å²) in [5, 5.41) is 3.05. The van der Waals surface area contributed by atoms with E-state index in [1.807, 2.05) is 31.2 Å². The average molecular weight is 511 g/mol. The van der Waals surface area contributed by atoms with Crippen LogP contribution in [0.5, 0.6) is 11.5 Å². The van der Waals surface area contributed by atoms with E-state index in [0.717, 1.165) is 10.0 Å². The standard InChI is InChI=1S/C22H27BrN2O5S/c1-15(16-4-6-18(23)7-5-16)24-22(26)17-10-12-25(13-11-17)31(27,28)19-8-9-20(29-2)21(14-19)30-3/h4-9,14-15,17H,10-13H2,1-3H3,(H,24,26)/t15-/m1/s1. The Hall–Kier alpha value is -2.10. The minimum Gasteiger partial charge on any atom is -0.493 e. The van der Waals surface area contributed by atoms with Crippen molar-refractivity contribution in [3.63, 3.8) is 0 Å². The number of hydrogen-bond acceptors (Lipinski definition) is 5. The highest BCUT2D eigenvalue weighted by Gasteiger charge is 2.33. The molecule has 0 saturated carbocycles. The van der Waals surface area contributed by atoms with E-state index < -0.39 is 10.0 Å². The van der Waals surface area contributed by atoms with Gasteiger partial charge in [0.1, 0.15) is 0 Å². The molecule has 1 amide bonds. The summed E-state index contributed by atoms with van der Waals surface area (Å²) in [4.78, 5) is 12.9. The predicted octanol–water partition coefficient (Wildman–Crippen LogP) is 3.74. The molecule has 1 fully saturated rings. The molecule has 0 radical (unpaired) electrons. The highest BCUT2D eigenvalue weighted by Crippen LogP contribution is 2.32. The molecule has 0 unspecified atom stereocenters. The summed E-state index contributed by atoms with van der Waals surface area (Å²) in [6.07, 6.45) is 0.955. The van der Waals surface area contributed by atoms with E-state index in [4.69, 9.17) is 9.47 Å². The zero-order chi connectivity index (χ0) is 22.6. The molecule has 2 aromatic rings. The van der Waals surface area contributed by atoms with Crippen LogP contribution in [0.3, 0.4) is 0 Å². The molecule has 0 aromatic heterocycles. The van der Waals surface area contributed by atoms with Crippen LogP contribution in [0.15, 0.2) is 51.8 Å². The van der Waals surface area contributed by atoms with Crippen LogP contribution in [0, 0.1) is 5.92 Å². The van der Waals surface area contributed by atoms with Gasteiger partial charge in [0.05, 0.1) is 25.2 Å². The summed E-state index contributed by atoms with van der Waals surface area (Å²) in [6, 6.07) is 12.2. The summed E-state index contributed by atoms with van der Waals surface area (Å²) in [5.41, 5.74) is 1.02. The van der Waals surface area contributed by atoms with Gasteiger partial charge in [-0.2, -0.15) is 4.31 Å². The molecule has 31 heavy (non-hydrogen) atoms. The molecule has 9 heteroatoms. The Morgan fingerprint density at radius 2 is 1.68 bits per heavy atom. The molecule has 0 bridgehead atoms. The Kier molecular flexibility index (Phi) is 7.61. The minimum atomic E-state index is -3.68. The van der Waals surface area contributed by atoms with Crippen LogP contribution in [0.1, 0.15) is 31.4 Å². The molecule has 1 N–H and O–H groups in total. The topological polar surface area (TPSA) is 84.9 Å². The lowest BCUT2D eigenvalue weighted by Gasteiger charge is -2.31. The van der Waals surface area contributed by atoms with Crippen molar-refractivity contribution in [2.24, 2.45) is 5.92 Å². The molecule has 1 heterocycles. The second-order valence-corrected chi connectivity index (χ2v) is 10.3. The third kappa shape index (κ3) is 5.39. The first-order chi connectivity index (χ1) is 14.8. The molecular weight excluding hydrogens is 484 g/mol. The Morgan fingerprint density at radius 3 is 2.26 bits per heavy atom. The number of benzene rings is 2. The van der Waals surface area contributed by atoms with E-state index in [1.54, 1.807) is 6.07 Å². The first kappa shape index (κ1) is 23.6. The molecule has 1 aliphatic rings. The maximum Gasteiger partial charge on any atom is 0.243 e. The van der Waals surface area contributed by atoms with Crippen molar-refractivity contribution in [1.29, 1.82) is 0 Å². The molecule has 168 valence electrons. The fourth-order valence-corrected chi connectivity index (χ4v) is 5.40. The van der Waals surface area contributed by atoms with Crippen molar-refractivity contribution >= 4 is 31.9 Å². The fourth-order valence-electron chi connectivity index (χ4n) is 3.65. The summed E-state index contributed by atoms with van der Waals surface area (Å²) >= 11 is 3.41. The van der Waals surface area contributed by atoms with E-state index in [2.05, 4.69) is 21.2 Å².